The van der Waals surface area contributed by atoms with E-state index in [9.17, 15) is 4.79 Å². The highest BCUT2D eigenvalue weighted by atomic mass is 32.2. The van der Waals surface area contributed by atoms with Gasteiger partial charge < -0.3 is 9.88 Å². The maximum absolute atomic E-state index is 12.4. The Morgan fingerprint density at radius 3 is 2.18 bits per heavy atom. The van der Waals surface area contributed by atoms with E-state index in [2.05, 4.69) is 65.3 Å². The summed E-state index contributed by atoms with van der Waals surface area (Å²) in [5.74, 6) is 0.711. The van der Waals surface area contributed by atoms with Crippen LogP contribution < -0.4 is 5.32 Å². The Balaban J connectivity index is 1.55. The number of benzene rings is 3. The number of rotatable bonds is 9. The Bertz CT molecular complexity index is 1190. The molecule has 4 nitrogen and oxygen atoms in total. The smallest absolute Gasteiger partial charge is 0.251 e. The van der Waals surface area contributed by atoms with Crippen molar-refractivity contribution in [3.63, 3.8) is 0 Å². The Morgan fingerprint density at radius 1 is 0.909 bits per heavy atom. The molecule has 0 unspecified atom stereocenters. The second kappa shape index (κ2) is 11.0. The number of carbonyl (C=O) groups excluding carboxylic acids is 1. The van der Waals surface area contributed by atoms with E-state index in [0.29, 0.717) is 12.1 Å². The van der Waals surface area contributed by atoms with Crippen LogP contribution in [0, 0.1) is 6.92 Å². The van der Waals surface area contributed by atoms with Gasteiger partial charge in [-0.15, -0.1) is 0 Å². The van der Waals surface area contributed by atoms with E-state index in [0.717, 1.165) is 52.0 Å². The van der Waals surface area contributed by atoms with Crippen LogP contribution in [-0.4, -0.2) is 27.8 Å². The number of hydrogen-bond donors (Lipinski definition) is 1. The SMILES string of the molecule is CCCn1c(SCCNC(=O)c2ccc(C)cc2)nc(-c2ccccc2)c1-c1ccccc1. The van der Waals surface area contributed by atoms with Crippen LogP contribution in [0.25, 0.3) is 22.5 Å². The second-order valence-corrected chi connectivity index (χ2v) is 9.01. The first kappa shape index (κ1) is 22.9. The van der Waals surface area contributed by atoms with Crippen molar-refractivity contribution in [2.75, 3.05) is 12.3 Å². The molecule has 33 heavy (non-hydrogen) atoms. The lowest BCUT2D eigenvalue weighted by atomic mass is 10.0. The largest absolute Gasteiger partial charge is 0.351 e. The molecule has 4 aromatic rings. The summed E-state index contributed by atoms with van der Waals surface area (Å²) in [5, 5.41) is 4.01. The van der Waals surface area contributed by atoms with E-state index in [4.69, 9.17) is 4.98 Å². The van der Waals surface area contributed by atoms with Crippen LogP contribution >= 0.6 is 11.8 Å². The minimum Gasteiger partial charge on any atom is -0.351 e. The van der Waals surface area contributed by atoms with Gasteiger partial charge in [-0.05, 0) is 25.5 Å². The van der Waals surface area contributed by atoms with Crippen LogP contribution in [0.3, 0.4) is 0 Å². The predicted molar refractivity (Wildman–Crippen MR) is 138 cm³/mol. The normalized spacial score (nSPS) is 10.8. The lowest BCUT2D eigenvalue weighted by Gasteiger charge is -2.12. The molecule has 0 radical (unpaired) electrons. The summed E-state index contributed by atoms with van der Waals surface area (Å²) >= 11 is 1.69. The van der Waals surface area contributed by atoms with Crippen molar-refractivity contribution >= 4 is 17.7 Å². The third-order valence-electron chi connectivity index (χ3n) is 5.41. The molecule has 168 valence electrons. The highest BCUT2D eigenvalue weighted by molar-refractivity contribution is 7.99. The quantitative estimate of drug-likeness (QED) is 0.233. The maximum Gasteiger partial charge on any atom is 0.251 e. The summed E-state index contributed by atoms with van der Waals surface area (Å²) in [5.41, 5.74) is 6.26. The van der Waals surface area contributed by atoms with Crippen molar-refractivity contribution < 1.29 is 4.79 Å². The number of imidazole rings is 1. The van der Waals surface area contributed by atoms with E-state index in [1.807, 2.05) is 43.3 Å². The molecule has 0 aliphatic heterocycles. The molecule has 0 fully saturated rings. The van der Waals surface area contributed by atoms with Gasteiger partial charge in [0.15, 0.2) is 5.16 Å². The van der Waals surface area contributed by atoms with Gasteiger partial charge in [0.1, 0.15) is 0 Å². The molecule has 0 aliphatic carbocycles. The van der Waals surface area contributed by atoms with Gasteiger partial charge >= 0.3 is 0 Å². The summed E-state index contributed by atoms with van der Waals surface area (Å²) in [6.45, 7) is 5.68. The molecule has 0 spiro atoms. The molecule has 3 aromatic carbocycles. The molecular weight excluding hydrogens is 426 g/mol. The first-order valence-electron chi connectivity index (χ1n) is 11.4. The molecule has 0 atom stereocenters. The first-order valence-corrected chi connectivity index (χ1v) is 12.3. The number of hydrogen-bond acceptors (Lipinski definition) is 3. The van der Waals surface area contributed by atoms with Crippen LogP contribution in [0.5, 0.6) is 0 Å². The monoisotopic (exact) mass is 455 g/mol. The molecule has 0 bridgehead atoms. The van der Waals surface area contributed by atoms with E-state index < -0.39 is 0 Å². The minimum atomic E-state index is -0.0394. The van der Waals surface area contributed by atoms with Gasteiger partial charge in [0.2, 0.25) is 0 Å². The van der Waals surface area contributed by atoms with Crippen LogP contribution in [-0.2, 0) is 6.54 Å². The van der Waals surface area contributed by atoms with Gasteiger partial charge in [-0.25, -0.2) is 4.98 Å². The molecule has 0 aliphatic rings. The lowest BCUT2D eigenvalue weighted by molar-refractivity contribution is 0.0956. The molecule has 1 N–H and O–H groups in total. The van der Waals surface area contributed by atoms with Crippen LogP contribution in [0.4, 0.5) is 0 Å². The maximum atomic E-state index is 12.4. The van der Waals surface area contributed by atoms with Crippen molar-refractivity contribution in [2.24, 2.45) is 0 Å². The predicted octanol–water partition coefficient (Wildman–Crippen LogP) is 6.46. The van der Waals surface area contributed by atoms with E-state index in [1.165, 1.54) is 0 Å². The summed E-state index contributed by atoms with van der Waals surface area (Å²) in [4.78, 5) is 17.5. The number of thioether (sulfide) groups is 1. The third-order valence-corrected chi connectivity index (χ3v) is 6.38. The zero-order valence-electron chi connectivity index (χ0n) is 19.1. The Kier molecular flexibility index (Phi) is 7.63. The van der Waals surface area contributed by atoms with Crippen molar-refractivity contribution in [3.8, 4) is 22.5 Å². The van der Waals surface area contributed by atoms with Crippen LogP contribution in [0.15, 0.2) is 90.1 Å². The Labute approximate surface area is 200 Å². The van der Waals surface area contributed by atoms with Gasteiger partial charge in [-0.1, -0.05) is 97.0 Å². The van der Waals surface area contributed by atoms with E-state index in [-0.39, 0.29) is 5.91 Å². The first-order chi connectivity index (χ1) is 16.2. The summed E-state index contributed by atoms with van der Waals surface area (Å²) in [6.07, 6.45) is 1.02. The highest BCUT2D eigenvalue weighted by Crippen LogP contribution is 2.36. The fourth-order valence-electron chi connectivity index (χ4n) is 3.77. The number of carbonyl (C=O) groups is 1. The standard InChI is InChI=1S/C28H29N3OS/c1-3-19-31-26(23-12-8-5-9-13-23)25(22-10-6-4-7-11-22)30-28(31)33-20-18-29-27(32)24-16-14-21(2)15-17-24/h4-17H,3,18-20H2,1-2H3,(H,29,32). The fourth-order valence-corrected chi connectivity index (χ4v) is 4.65. The molecule has 1 aromatic heterocycles. The Hall–Kier alpha value is -3.31. The van der Waals surface area contributed by atoms with Crippen molar-refractivity contribution in [1.82, 2.24) is 14.9 Å². The van der Waals surface area contributed by atoms with Crippen LogP contribution in [0.2, 0.25) is 0 Å². The molecule has 0 saturated heterocycles. The molecule has 1 amide bonds. The minimum absolute atomic E-state index is 0.0394. The Morgan fingerprint density at radius 2 is 1.55 bits per heavy atom. The van der Waals surface area contributed by atoms with Crippen LogP contribution in [0.1, 0.15) is 29.3 Å². The second-order valence-electron chi connectivity index (χ2n) is 7.95. The average Bonchev–Trinajstić information content (AvgIpc) is 3.21. The third kappa shape index (κ3) is 5.55. The van der Waals surface area contributed by atoms with Gasteiger partial charge in [0.25, 0.3) is 5.91 Å². The number of amides is 1. The topological polar surface area (TPSA) is 46.9 Å². The highest BCUT2D eigenvalue weighted by Gasteiger charge is 2.20. The number of aryl methyl sites for hydroxylation is 1. The summed E-state index contributed by atoms with van der Waals surface area (Å²) in [7, 11) is 0. The summed E-state index contributed by atoms with van der Waals surface area (Å²) in [6, 6.07) is 28.5. The van der Waals surface area contributed by atoms with Crippen molar-refractivity contribution in [1.29, 1.82) is 0 Å². The number of nitrogens with one attached hydrogen (secondary N) is 1. The van der Waals surface area contributed by atoms with Gasteiger partial charge in [-0.2, -0.15) is 0 Å². The molecular formula is C28H29N3OS. The fraction of sp³-hybridized carbons (Fsp3) is 0.214. The molecule has 1 heterocycles. The van der Waals surface area contributed by atoms with E-state index >= 15 is 0 Å². The zero-order valence-corrected chi connectivity index (χ0v) is 19.9. The number of nitrogens with zero attached hydrogens (tertiary/aromatic N) is 2. The summed E-state index contributed by atoms with van der Waals surface area (Å²) < 4.78 is 2.32. The average molecular weight is 456 g/mol. The molecule has 0 saturated carbocycles. The van der Waals surface area contributed by atoms with Gasteiger partial charge in [0, 0.05) is 35.5 Å². The molecule has 5 heteroatoms. The van der Waals surface area contributed by atoms with E-state index in [1.54, 1.807) is 11.8 Å². The number of aromatic nitrogens is 2. The van der Waals surface area contributed by atoms with Crippen molar-refractivity contribution in [3.05, 3.63) is 96.1 Å². The van der Waals surface area contributed by atoms with Gasteiger partial charge in [-0.3, -0.25) is 4.79 Å². The lowest BCUT2D eigenvalue weighted by Crippen LogP contribution is -2.25. The van der Waals surface area contributed by atoms with Gasteiger partial charge in [0.05, 0.1) is 11.4 Å². The molecule has 4 rings (SSSR count). The zero-order chi connectivity index (χ0) is 23.0. The van der Waals surface area contributed by atoms with Crippen molar-refractivity contribution in [2.45, 2.75) is 32.0 Å².